The Morgan fingerprint density at radius 1 is 1.17 bits per heavy atom. The van der Waals surface area contributed by atoms with Crippen LogP contribution in [-0.4, -0.2) is 4.98 Å². The molecule has 18 heavy (non-hydrogen) atoms. The minimum absolute atomic E-state index is 0.282. The summed E-state index contributed by atoms with van der Waals surface area (Å²) in [6.07, 6.45) is 0. The highest BCUT2D eigenvalue weighted by Gasteiger charge is 2.05. The monoisotopic (exact) mass is 260 g/mol. The molecule has 1 atom stereocenters. The second-order valence-corrected chi connectivity index (χ2v) is 4.86. The van der Waals surface area contributed by atoms with Crippen LogP contribution in [0.25, 0.3) is 0 Å². The summed E-state index contributed by atoms with van der Waals surface area (Å²) in [6, 6.07) is 14.3. The van der Waals surface area contributed by atoms with Crippen LogP contribution in [0, 0.1) is 6.92 Å². The maximum atomic E-state index is 5.88. The van der Waals surface area contributed by atoms with E-state index in [9.17, 15) is 0 Å². The van der Waals surface area contributed by atoms with E-state index in [2.05, 4.69) is 17.2 Å². The van der Waals surface area contributed by atoms with E-state index in [0.717, 1.165) is 23.0 Å². The van der Waals surface area contributed by atoms with Crippen molar-refractivity contribution < 1.29 is 0 Å². The van der Waals surface area contributed by atoms with Crippen LogP contribution in [-0.2, 0) is 6.54 Å². The molecule has 0 fully saturated rings. The lowest BCUT2D eigenvalue weighted by Crippen LogP contribution is -2.18. The Labute approximate surface area is 113 Å². The number of nitrogens with one attached hydrogen (secondary N) is 1. The first-order valence-corrected chi connectivity index (χ1v) is 6.44. The van der Waals surface area contributed by atoms with Crippen molar-refractivity contribution in [1.29, 1.82) is 0 Å². The van der Waals surface area contributed by atoms with Crippen LogP contribution in [0.3, 0.4) is 0 Å². The molecule has 1 aromatic carbocycles. The summed E-state index contributed by atoms with van der Waals surface area (Å²) >= 11 is 5.88. The Kier molecular flexibility index (Phi) is 4.34. The smallest absolute Gasteiger partial charge is 0.0545 e. The third kappa shape index (κ3) is 3.56. The van der Waals surface area contributed by atoms with Gasteiger partial charge in [0.15, 0.2) is 0 Å². The number of benzene rings is 1. The van der Waals surface area contributed by atoms with E-state index in [4.69, 9.17) is 11.6 Å². The third-order valence-corrected chi connectivity index (χ3v) is 3.16. The average Bonchev–Trinajstić information content (AvgIpc) is 2.37. The molecular weight excluding hydrogens is 244 g/mol. The predicted octanol–water partition coefficient (Wildman–Crippen LogP) is 3.89. The number of nitrogens with zero attached hydrogens (tertiary/aromatic N) is 1. The molecule has 3 heteroatoms. The van der Waals surface area contributed by atoms with Crippen molar-refractivity contribution in [3.05, 3.63) is 64.4 Å². The molecule has 0 spiro atoms. The van der Waals surface area contributed by atoms with Crippen LogP contribution < -0.4 is 5.32 Å². The Bertz CT molecular complexity index is 508. The molecule has 1 heterocycles. The van der Waals surface area contributed by atoms with Crippen molar-refractivity contribution in [3.8, 4) is 0 Å². The number of halogens is 1. The molecule has 0 bridgehead atoms. The molecule has 0 aliphatic heterocycles. The number of aryl methyl sites for hydroxylation is 1. The highest BCUT2D eigenvalue weighted by atomic mass is 35.5. The van der Waals surface area contributed by atoms with Crippen LogP contribution in [0.1, 0.15) is 29.9 Å². The quantitative estimate of drug-likeness (QED) is 0.902. The fourth-order valence-corrected chi connectivity index (χ4v) is 1.95. The molecule has 2 rings (SSSR count). The SMILES string of the molecule is Cc1cccc(CNC(C)c2ccc(Cl)cc2)n1. The van der Waals surface area contributed by atoms with Crippen molar-refractivity contribution in [1.82, 2.24) is 10.3 Å². The zero-order chi connectivity index (χ0) is 13.0. The van der Waals surface area contributed by atoms with Crippen molar-refractivity contribution >= 4 is 11.6 Å². The van der Waals surface area contributed by atoms with Gasteiger partial charge in [0.05, 0.1) is 5.69 Å². The Balaban J connectivity index is 1.96. The lowest BCUT2D eigenvalue weighted by atomic mass is 10.1. The second-order valence-electron chi connectivity index (χ2n) is 4.42. The topological polar surface area (TPSA) is 24.9 Å². The van der Waals surface area contributed by atoms with E-state index in [1.807, 2.05) is 49.4 Å². The molecule has 0 saturated heterocycles. The van der Waals surface area contributed by atoms with Gasteiger partial charge in [0.2, 0.25) is 0 Å². The predicted molar refractivity (Wildman–Crippen MR) is 75.7 cm³/mol. The minimum atomic E-state index is 0.282. The molecule has 1 unspecified atom stereocenters. The fraction of sp³-hybridized carbons (Fsp3) is 0.267. The number of pyridine rings is 1. The molecule has 0 aliphatic rings. The number of hydrogen-bond donors (Lipinski definition) is 1. The van der Waals surface area contributed by atoms with Gasteiger partial charge in [-0.3, -0.25) is 4.98 Å². The highest BCUT2D eigenvalue weighted by Crippen LogP contribution is 2.16. The van der Waals surface area contributed by atoms with E-state index in [1.54, 1.807) is 0 Å². The lowest BCUT2D eigenvalue weighted by Gasteiger charge is -2.14. The molecule has 0 amide bonds. The van der Waals surface area contributed by atoms with E-state index < -0.39 is 0 Å². The Morgan fingerprint density at radius 2 is 1.89 bits per heavy atom. The third-order valence-electron chi connectivity index (χ3n) is 2.91. The number of aromatic nitrogens is 1. The van der Waals surface area contributed by atoms with E-state index >= 15 is 0 Å². The maximum absolute atomic E-state index is 5.88. The summed E-state index contributed by atoms with van der Waals surface area (Å²) in [5, 5.41) is 4.23. The molecule has 0 saturated carbocycles. The molecule has 1 N–H and O–H groups in total. The van der Waals surface area contributed by atoms with Gasteiger partial charge in [-0.05, 0) is 43.7 Å². The zero-order valence-corrected chi connectivity index (χ0v) is 11.4. The van der Waals surface area contributed by atoms with E-state index in [-0.39, 0.29) is 6.04 Å². The van der Waals surface area contributed by atoms with Gasteiger partial charge < -0.3 is 5.32 Å². The van der Waals surface area contributed by atoms with Gasteiger partial charge >= 0.3 is 0 Å². The zero-order valence-electron chi connectivity index (χ0n) is 10.7. The van der Waals surface area contributed by atoms with Gasteiger partial charge in [-0.2, -0.15) is 0 Å². The maximum Gasteiger partial charge on any atom is 0.0545 e. The van der Waals surface area contributed by atoms with Crippen LogP contribution >= 0.6 is 11.6 Å². The molecule has 2 aromatic rings. The molecule has 0 radical (unpaired) electrons. The van der Waals surface area contributed by atoms with E-state index in [0.29, 0.717) is 0 Å². The van der Waals surface area contributed by atoms with Gasteiger partial charge in [0, 0.05) is 23.3 Å². The molecular formula is C15H17ClN2. The molecule has 94 valence electrons. The standard InChI is InChI=1S/C15H17ClN2/c1-11-4-3-5-15(18-11)10-17-12(2)13-6-8-14(16)9-7-13/h3-9,12,17H,10H2,1-2H3. The first-order valence-electron chi connectivity index (χ1n) is 6.06. The summed E-state index contributed by atoms with van der Waals surface area (Å²) in [5.41, 5.74) is 3.34. The first-order chi connectivity index (χ1) is 8.65. The first kappa shape index (κ1) is 13.1. The average molecular weight is 261 g/mol. The van der Waals surface area contributed by atoms with Crippen molar-refractivity contribution in [3.63, 3.8) is 0 Å². The van der Waals surface area contributed by atoms with Gasteiger partial charge in [-0.1, -0.05) is 29.8 Å². The number of hydrogen-bond acceptors (Lipinski definition) is 2. The largest absolute Gasteiger partial charge is 0.305 e. The second kappa shape index (κ2) is 5.98. The van der Waals surface area contributed by atoms with Crippen LogP contribution in [0.2, 0.25) is 5.02 Å². The summed E-state index contributed by atoms with van der Waals surface area (Å²) in [6.45, 7) is 4.91. The van der Waals surface area contributed by atoms with Crippen LogP contribution in [0.5, 0.6) is 0 Å². The fourth-order valence-electron chi connectivity index (χ4n) is 1.82. The summed E-state index contributed by atoms with van der Waals surface area (Å²) in [4.78, 5) is 4.47. The molecule has 0 aliphatic carbocycles. The lowest BCUT2D eigenvalue weighted by molar-refractivity contribution is 0.567. The minimum Gasteiger partial charge on any atom is -0.305 e. The molecule has 2 nitrogen and oxygen atoms in total. The van der Waals surface area contributed by atoms with Gasteiger partial charge in [0.1, 0.15) is 0 Å². The molecule has 1 aromatic heterocycles. The highest BCUT2D eigenvalue weighted by molar-refractivity contribution is 6.30. The normalized spacial score (nSPS) is 12.4. The summed E-state index contributed by atoms with van der Waals surface area (Å²) in [5.74, 6) is 0. The Morgan fingerprint density at radius 3 is 2.56 bits per heavy atom. The van der Waals surface area contributed by atoms with Crippen LogP contribution in [0.15, 0.2) is 42.5 Å². The van der Waals surface area contributed by atoms with Gasteiger partial charge in [-0.15, -0.1) is 0 Å². The van der Waals surface area contributed by atoms with Gasteiger partial charge in [0.25, 0.3) is 0 Å². The van der Waals surface area contributed by atoms with Crippen molar-refractivity contribution in [2.24, 2.45) is 0 Å². The van der Waals surface area contributed by atoms with E-state index in [1.165, 1.54) is 5.56 Å². The Hall–Kier alpha value is -1.38. The number of rotatable bonds is 4. The summed E-state index contributed by atoms with van der Waals surface area (Å²) < 4.78 is 0. The van der Waals surface area contributed by atoms with Crippen molar-refractivity contribution in [2.45, 2.75) is 26.4 Å². The van der Waals surface area contributed by atoms with Crippen molar-refractivity contribution in [2.75, 3.05) is 0 Å². The van der Waals surface area contributed by atoms with Crippen LogP contribution in [0.4, 0.5) is 0 Å². The summed E-state index contributed by atoms with van der Waals surface area (Å²) in [7, 11) is 0. The van der Waals surface area contributed by atoms with Gasteiger partial charge in [-0.25, -0.2) is 0 Å².